The largest absolute Gasteiger partial charge is 0.335 e. The maximum Gasteiger partial charge on any atom is 0.0951 e. The summed E-state index contributed by atoms with van der Waals surface area (Å²) in [6, 6.07) is 0.375. The van der Waals surface area contributed by atoms with Gasteiger partial charge in [-0.15, -0.1) is 0 Å². The Morgan fingerprint density at radius 3 is 2.94 bits per heavy atom. The highest BCUT2D eigenvalue weighted by molar-refractivity contribution is 5.00. The van der Waals surface area contributed by atoms with E-state index in [9.17, 15) is 0 Å². The molecular weight excluding hydrogens is 226 g/mol. The fraction of sp³-hybridized carbons (Fsp3) is 0.538. The quantitative estimate of drug-likeness (QED) is 0.759. The van der Waals surface area contributed by atoms with Crippen LogP contribution in [0.4, 0.5) is 0 Å². The number of hydrogen-bond acceptors (Lipinski definition) is 3. The van der Waals surface area contributed by atoms with Crippen LogP contribution in [0.15, 0.2) is 31.2 Å². The first-order chi connectivity index (χ1) is 8.81. The van der Waals surface area contributed by atoms with E-state index in [0.717, 1.165) is 26.1 Å². The second kappa shape index (κ2) is 6.35. The molecule has 2 aromatic rings. The van der Waals surface area contributed by atoms with E-state index in [1.807, 2.05) is 31.2 Å². The molecule has 5 heteroatoms. The lowest BCUT2D eigenvalue weighted by Crippen LogP contribution is -2.19. The van der Waals surface area contributed by atoms with E-state index in [-0.39, 0.29) is 0 Å². The Hall–Kier alpha value is -1.62. The van der Waals surface area contributed by atoms with Crippen molar-refractivity contribution in [3.05, 3.63) is 36.9 Å². The predicted octanol–water partition coefficient (Wildman–Crippen LogP) is 1.84. The van der Waals surface area contributed by atoms with E-state index in [0.29, 0.717) is 6.04 Å². The minimum absolute atomic E-state index is 0.375. The Morgan fingerprint density at radius 1 is 1.33 bits per heavy atom. The molecule has 1 unspecified atom stereocenters. The van der Waals surface area contributed by atoms with Gasteiger partial charge in [-0.3, -0.25) is 0 Å². The van der Waals surface area contributed by atoms with Gasteiger partial charge in [0.1, 0.15) is 0 Å². The summed E-state index contributed by atoms with van der Waals surface area (Å²) < 4.78 is 4.32. The SMILES string of the molecule is CCCNCc1cncn1C(C)Cn1ccnc1. The lowest BCUT2D eigenvalue weighted by molar-refractivity contribution is 0.446. The Bertz CT molecular complexity index is 446. The minimum atomic E-state index is 0.375. The van der Waals surface area contributed by atoms with Crippen molar-refractivity contribution in [2.24, 2.45) is 0 Å². The van der Waals surface area contributed by atoms with Crippen molar-refractivity contribution in [2.75, 3.05) is 6.54 Å². The number of nitrogens with one attached hydrogen (secondary N) is 1. The van der Waals surface area contributed by atoms with Gasteiger partial charge >= 0.3 is 0 Å². The van der Waals surface area contributed by atoms with Crippen LogP contribution in [-0.4, -0.2) is 25.6 Å². The van der Waals surface area contributed by atoms with Crippen LogP contribution < -0.4 is 5.32 Å². The van der Waals surface area contributed by atoms with Crippen LogP contribution in [0, 0.1) is 0 Å². The molecule has 2 heterocycles. The van der Waals surface area contributed by atoms with Gasteiger partial charge in [-0.1, -0.05) is 6.92 Å². The van der Waals surface area contributed by atoms with E-state index in [1.165, 1.54) is 5.69 Å². The van der Waals surface area contributed by atoms with E-state index in [1.54, 1.807) is 0 Å². The topological polar surface area (TPSA) is 47.7 Å². The normalized spacial score (nSPS) is 12.8. The average molecular weight is 247 g/mol. The zero-order chi connectivity index (χ0) is 12.8. The molecule has 0 spiro atoms. The first-order valence-corrected chi connectivity index (χ1v) is 6.48. The van der Waals surface area contributed by atoms with Gasteiger partial charge in [0.15, 0.2) is 0 Å². The van der Waals surface area contributed by atoms with Crippen molar-refractivity contribution in [3.8, 4) is 0 Å². The summed E-state index contributed by atoms with van der Waals surface area (Å²) in [6.45, 7) is 7.21. The van der Waals surface area contributed by atoms with E-state index < -0.39 is 0 Å². The van der Waals surface area contributed by atoms with Crippen LogP contribution in [0.2, 0.25) is 0 Å². The highest BCUT2D eigenvalue weighted by Crippen LogP contribution is 2.12. The fourth-order valence-corrected chi connectivity index (χ4v) is 2.05. The van der Waals surface area contributed by atoms with Gasteiger partial charge in [0, 0.05) is 37.7 Å². The zero-order valence-corrected chi connectivity index (χ0v) is 11.1. The van der Waals surface area contributed by atoms with Gasteiger partial charge in [0.05, 0.1) is 18.3 Å². The summed E-state index contributed by atoms with van der Waals surface area (Å²) in [5, 5.41) is 3.41. The highest BCUT2D eigenvalue weighted by Gasteiger charge is 2.09. The second-order valence-electron chi connectivity index (χ2n) is 4.58. The van der Waals surface area contributed by atoms with E-state index >= 15 is 0 Å². The molecule has 98 valence electrons. The standard InChI is InChI=1S/C13H21N5/c1-3-4-14-7-13-8-16-11-18(13)12(2)9-17-6-5-15-10-17/h5-6,8,10-12,14H,3-4,7,9H2,1-2H3. The number of aromatic nitrogens is 4. The average Bonchev–Trinajstić information content (AvgIpc) is 3.00. The lowest BCUT2D eigenvalue weighted by atomic mass is 10.3. The Kier molecular flexibility index (Phi) is 4.52. The van der Waals surface area contributed by atoms with Crippen molar-refractivity contribution in [1.82, 2.24) is 24.4 Å². The molecule has 1 N–H and O–H groups in total. The second-order valence-corrected chi connectivity index (χ2v) is 4.58. The number of imidazole rings is 2. The lowest BCUT2D eigenvalue weighted by Gasteiger charge is -2.17. The Labute approximate surface area is 108 Å². The Balaban J connectivity index is 1.97. The van der Waals surface area contributed by atoms with Gasteiger partial charge in [-0.05, 0) is 19.9 Å². The smallest absolute Gasteiger partial charge is 0.0951 e. The van der Waals surface area contributed by atoms with Gasteiger partial charge in [0.2, 0.25) is 0 Å². The summed E-state index contributed by atoms with van der Waals surface area (Å²) in [5.41, 5.74) is 1.23. The van der Waals surface area contributed by atoms with E-state index in [4.69, 9.17) is 0 Å². The molecule has 2 aromatic heterocycles. The zero-order valence-electron chi connectivity index (χ0n) is 11.1. The molecule has 18 heavy (non-hydrogen) atoms. The maximum atomic E-state index is 4.25. The maximum absolute atomic E-state index is 4.25. The van der Waals surface area contributed by atoms with Gasteiger partial charge in [0.25, 0.3) is 0 Å². The van der Waals surface area contributed by atoms with Crippen LogP contribution in [0.1, 0.15) is 32.0 Å². The van der Waals surface area contributed by atoms with Crippen LogP contribution in [0.5, 0.6) is 0 Å². The number of rotatable bonds is 7. The van der Waals surface area contributed by atoms with Crippen LogP contribution >= 0.6 is 0 Å². The Morgan fingerprint density at radius 2 is 2.22 bits per heavy atom. The first kappa shape index (κ1) is 12.8. The summed E-state index contributed by atoms with van der Waals surface area (Å²) in [4.78, 5) is 8.31. The molecule has 0 aliphatic rings. The molecule has 0 amide bonds. The van der Waals surface area contributed by atoms with Gasteiger partial charge in [-0.25, -0.2) is 9.97 Å². The van der Waals surface area contributed by atoms with Crippen LogP contribution in [-0.2, 0) is 13.1 Å². The number of hydrogen-bond donors (Lipinski definition) is 1. The van der Waals surface area contributed by atoms with Crippen molar-refractivity contribution < 1.29 is 0 Å². The van der Waals surface area contributed by atoms with Crippen molar-refractivity contribution in [1.29, 1.82) is 0 Å². The van der Waals surface area contributed by atoms with Crippen molar-refractivity contribution in [2.45, 2.75) is 39.4 Å². The molecule has 0 aliphatic heterocycles. The molecule has 2 rings (SSSR count). The van der Waals surface area contributed by atoms with Crippen LogP contribution in [0.25, 0.3) is 0 Å². The van der Waals surface area contributed by atoms with E-state index in [2.05, 4.69) is 38.3 Å². The summed E-state index contributed by atoms with van der Waals surface area (Å²) in [6.07, 6.45) is 10.6. The minimum Gasteiger partial charge on any atom is -0.335 e. The predicted molar refractivity (Wildman–Crippen MR) is 71.2 cm³/mol. The summed E-state index contributed by atoms with van der Waals surface area (Å²) >= 11 is 0. The van der Waals surface area contributed by atoms with Gasteiger partial charge in [-0.2, -0.15) is 0 Å². The molecule has 0 bridgehead atoms. The molecule has 0 saturated carbocycles. The highest BCUT2D eigenvalue weighted by atomic mass is 15.1. The molecule has 0 aromatic carbocycles. The third-order valence-corrected chi connectivity index (χ3v) is 2.99. The van der Waals surface area contributed by atoms with Crippen molar-refractivity contribution in [3.63, 3.8) is 0 Å². The molecular formula is C13H21N5. The number of nitrogens with zero attached hydrogens (tertiary/aromatic N) is 4. The molecule has 0 saturated heterocycles. The fourth-order valence-electron chi connectivity index (χ4n) is 2.05. The molecule has 1 atom stereocenters. The third-order valence-electron chi connectivity index (χ3n) is 2.99. The molecule has 5 nitrogen and oxygen atoms in total. The summed E-state index contributed by atoms with van der Waals surface area (Å²) in [7, 11) is 0. The monoisotopic (exact) mass is 247 g/mol. The summed E-state index contributed by atoms with van der Waals surface area (Å²) in [5.74, 6) is 0. The molecule has 0 aliphatic carbocycles. The van der Waals surface area contributed by atoms with Crippen LogP contribution in [0.3, 0.4) is 0 Å². The van der Waals surface area contributed by atoms with Gasteiger partial charge < -0.3 is 14.5 Å². The van der Waals surface area contributed by atoms with Crippen molar-refractivity contribution >= 4 is 0 Å². The molecule has 0 radical (unpaired) electrons. The third kappa shape index (κ3) is 3.20. The first-order valence-electron chi connectivity index (χ1n) is 6.48. The molecule has 0 fully saturated rings.